The molecule has 0 amide bonds. The second-order valence-electron chi connectivity index (χ2n) is 1.88. The number of rotatable bonds is 2. The molecular weight excluding hydrogens is 118 g/mol. The van der Waals surface area contributed by atoms with Crippen LogP contribution in [0.4, 0.5) is 0 Å². The highest BCUT2D eigenvalue weighted by molar-refractivity contribution is 5.59. The normalized spacial score (nSPS) is 32.1. The first-order valence-electron chi connectivity index (χ1n) is 2.83. The molecule has 9 heavy (non-hydrogen) atoms. The molecule has 0 saturated carbocycles. The number of nitrogens with one attached hydrogen (secondary N) is 1. The fourth-order valence-electron chi connectivity index (χ4n) is 0.792. The molecule has 0 bridgehead atoms. The van der Waals surface area contributed by atoms with Crippen LogP contribution in [0.25, 0.3) is 0 Å². The van der Waals surface area contributed by atoms with Gasteiger partial charge in [-0.3, -0.25) is 4.79 Å². The molecule has 3 nitrogen and oxygen atoms in total. The van der Waals surface area contributed by atoms with Gasteiger partial charge in [-0.05, 0) is 13.1 Å². The molecule has 0 spiro atoms. The topological polar surface area (TPSA) is 38.3 Å². The summed E-state index contributed by atoms with van der Waals surface area (Å²) in [5.74, 6) is 0. The molecular formula is C6H9NO2. The Morgan fingerprint density at radius 2 is 2.56 bits per heavy atom. The maximum atomic E-state index is 10.2. The van der Waals surface area contributed by atoms with Gasteiger partial charge in [0.1, 0.15) is 0 Å². The van der Waals surface area contributed by atoms with Gasteiger partial charge in [0.25, 0.3) is 0 Å². The molecule has 0 saturated heterocycles. The SMILES string of the molecule is CNC1C=COC1C=O. The smallest absolute Gasteiger partial charge is 0.171 e. The lowest BCUT2D eigenvalue weighted by Crippen LogP contribution is -2.34. The standard InChI is InChI=1S/C6H9NO2/c1-7-5-2-3-9-6(5)4-8/h2-7H,1H3. The second kappa shape index (κ2) is 2.64. The Balaban J connectivity index is 2.48. The van der Waals surface area contributed by atoms with Crippen LogP contribution in [0.5, 0.6) is 0 Å². The van der Waals surface area contributed by atoms with Crippen molar-refractivity contribution in [1.29, 1.82) is 0 Å². The molecule has 1 aliphatic rings. The van der Waals surface area contributed by atoms with Crippen LogP contribution in [-0.4, -0.2) is 25.5 Å². The lowest BCUT2D eigenvalue weighted by molar-refractivity contribution is -0.115. The monoisotopic (exact) mass is 127 g/mol. The highest BCUT2D eigenvalue weighted by Crippen LogP contribution is 2.06. The van der Waals surface area contributed by atoms with Gasteiger partial charge in [-0.15, -0.1) is 0 Å². The van der Waals surface area contributed by atoms with Crippen LogP contribution < -0.4 is 5.32 Å². The quantitative estimate of drug-likeness (QED) is 0.517. The highest BCUT2D eigenvalue weighted by atomic mass is 16.5. The van der Waals surface area contributed by atoms with Crippen molar-refractivity contribution in [3.63, 3.8) is 0 Å². The minimum absolute atomic E-state index is 0.0579. The van der Waals surface area contributed by atoms with Crippen molar-refractivity contribution >= 4 is 6.29 Å². The van der Waals surface area contributed by atoms with Crippen LogP contribution in [0.3, 0.4) is 0 Å². The minimum atomic E-state index is -0.324. The molecule has 1 rings (SSSR count). The van der Waals surface area contributed by atoms with Crippen molar-refractivity contribution in [2.75, 3.05) is 7.05 Å². The zero-order chi connectivity index (χ0) is 6.69. The Morgan fingerprint density at radius 3 is 3.00 bits per heavy atom. The van der Waals surface area contributed by atoms with Crippen molar-refractivity contribution < 1.29 is 9.53 Å². The molecule has 0 aromatic rings. The fourth-order valence-corrected chi connectivity index (χ4v) is 0.792. The van der Waals surface area contributed by atoms with Crippen LogP contribution >= 0.6 is 0 Å². The number of aldehydes is 1. The van der Waals surface area contributed by atoms with Gasteiger partial charge in [0, 0.05) is 0 Å². The summed E-state index contributed by atoms with van der Waals surface area (Å²) in [6.45, 7) is 0. The third kappa shape index (κ3) is 1.10. The van der Waals surface area contributed by atoms with Gasteiger partial charge in [0.2, 0.25) is 0 Å². The lowest BCUT2D eigenvalue weighted by Gasteiger charge is -2.10. The van der Waals surface area contributed by atoms with E-state index >= 15 is 0 Å². The van der Waals surface area contributed by atoms with E-state index in [9.17, 15) is 4.79 Å². The van der Waals surface area contributed by atoms with Crippen LogP contribution in [0, 0.1) is 0 Å². The summed E-state index contributed by atoms with van der Waals surface area (Å²) >= 11 is 0. The van der Waals surface area contributed by atoms with Crippen LogP contribution in [0.2, 0.25) is 0 Å². The average molecular weight is 127 g/mol. The largest absolute Gasteiger partial charge is 0.489 e. The number of ether oxygens (including phenoxy) is 1. The molecule has 0 aromatic carbocycles. The van der Waals surface area contributed by atoms with E-state index in [1.54, 1.807) is 13.3 Å². The number of hydrogen-bond donors (Lipinski definition) is 1. The van der Waals surface area contributed by atoms with Crippen LogP contribution in [0.15, 0.2) is 12.3 Å². The van der Waals surface area contributed by atoms with Gasteiger partial charge in [-0.1, -0.05) is 0 Å². The van der Waals surface area contributed by atoms with Crippen molar-refractivity contribution in [2.24, 2.45) is 0 Å². The zero-order valence-electron chi connectivity index (χ0n) is 5.20. The lowest BCUT2D eigenvalue weighted by atomic mass is 10.2. The number of likely N-dealkylation sites (N-methyl/N-ethyl adjacent to an activating group) is 1. The van der Waals surface area contributed by atoms with E-state index < -0.39 is 0 Å². The van der Waals surface area contributed by atoms with Gasteiger partial charge in [0.15, 0.2) is 12.4 Å². The van der Waals surface area contributed by atoms with Gasteiger partial charge >= 0.3 is 0 Å². The summed E-state index contributed by atoms with van der Waals surface area (Å²) in [5, 5.41) is 2.92. The average Bonchev–Trinajstić information content (AvgIpc) is 2.33. The Hall–Kier alpha value is -0.830. The third-order valence-corrected chi connectivity index (χ3v) is 1.34. The highest BCUT2D eigenvalue weighted by Gasteiger charge is 2.21. The summed E-state index contributed by atoms with van der Waals surface area (Å²) in [4.78, 5) is 10.2. The van der Waals surface area contributed by atoms with E-state index in [-0.39, 0.29) is 12.1 Å². The maximum absolute atomic E-state index is 10.2. The summed E-state index contributed by atoms with van der Waals surface area (Å²) in [6.07, 6.45) is 3.83. The van der Waals surface area contributed by atoms with Crippen molar-refractivity contribution in [3.05, 3.63) is 12.3 Å². The first kappa shape index (κ1) is 6.29. The molecule has 0 aromatic heterocycles. The van der Waals surface area contributed by atoms with Crippen LogP contribution in [0.1, 0.15) is 0 Å². The maximum Gasteiger partial charge on any atom is 0.171 e. The molecule has 0 aliphatic carbocycles. The van der Waals surface area contributed by atoms with Gasteiger partial charge in [-0.25, -0.2) is 0 Å². The molecule has 2 unspecified atom stereocenters. The Bertz CT molecular complexity index is 133. The number of carbonyl (C=O) groups excluding carboxylic acids is 1. The summed E-state index contributed by atoms with van der Waals surface area (Å²) in [6, 6.07) is 0.0579. The number of carbonyl (C=O) groups is 1. The Labute approximate surface area is 53.7 Å². The fraction of sp³-hybridized carbons (Fsp3) is 0.500. The molecule has 3 heteroatoms. The predicted octanol–water partition coefficient (Wildman–Crippen LogP) is -0.314. The molecule has 1 aliphatic heterocycles. The Kier molecular flexibility index (Phi) is 1.85. The molecule has 1 N–H and O–H groups in total. The molecule has 1 heterocycles. The Morgan fingerprint density at radius 1 is 1.78 bits per heavy atom. The zero-order valence-corrected chi connectivity index (χ0v) is 5.20. The van der Waals surface area contributed by atoms with E-state index in [0.717, 1.165) is 6.29 Å². The molecule has 0 fully saturated rings. The first-order chi connectivity index (χ1) is 4.38. The van der Waals surface area contributed by atoms with Crippen molar-refractivity contribution in [1.82, 2.24) is 5.32 Å². The van der Waals surface area contributed by atoms with E-state index in [4.69, 9.17) is 4.74 Å². The number of hydrogen-bond acceptors (Lipinski definition) is 3. The van der Waals surface area contributed by atoms with Gasteiger partial charge in [0.05, 0.1) is 12.3 Å². The van der Waals surface area contributed by atoms with Crippen molar-refractivity contribution in [2.45, 2.75) is 12.1 Å². The first-order valence-corrected chi connectivity index (χ1v) is 2.83. The van der Waals surface area contributed by atoms with Crippen LogP contribution in [-0.2, 0) is 9.53 Å². The summed E-state index contributed by atoms with van der Waals surface area (Å²) in [7, 11) is 1.79. The minimum Gasteiger partial charge on any atom is -0.489 e. The van der Waals surface area contributed by atoms with Gasteiger partial charge in [-0.2, -0.15) is 0 Å². The summed E-state index contributed by atoms with van der Waals surface area (Å²) in [5.41, 5.74) is 0. The molecule has 50 valence electrons. The molecule has 0 radical (unpaired) electrons. The van der Waals surface area contributed by atoms with E-state index in [1.807, 2.05) is 6.08 Å². The third-order valence-electron chi connectivity index (χ3n) is 1.34. The predicted molar refractivity (Wildman–Crippen MR) is 32.9 cm³/mol. The summed E-state index contributed by atoms with van der Waals surface area (Å²) < 4.78 is 4.89. The molecule has 2 atom stereocenters. The van der Waals surface area contributed by atoms with E-state index in [2.05, 4.69) is 5.32 Å². The van der Waals surface area contributed by atoms with Crippen molar-refractivity contribution in [3.8, 4) is 0 Å². The van der Waals surface area contributed by atoms with Gasteiger partial charge < -0.3 is 10.1 Å². The van der Waals surface area contributed by atoms with E-state index in [1.165, 1.54) is 0 Å². The van der Waals surface area contributed by atoms with E-state index in [0.29, 0.717) is 0 Å². The second-order valence-corrected chi connectivity index (χ2v) is 1.88.